The van der Waals surface area contributed by atoms with E-state index in [-0.39, 0.29) is 11.5 Å². The van der Waals surface area contributed by atoms with Crippen molar-refractivity contribution in [2.24, 2.45) is 11.3 Å². The first-order chi connectivity index (χ1) is 4.93. The molecule has 1 nitrogen and oxygen atoms in total. The molecule has 1 N–H and O–H groups in total. The summed E-state index contributed by atoms with van der Waals surface area (Å²) in [6.07, 6.45) is 2.66. The van der Waals surface area contributed by atoms with Crippen LogP contribution in [0.3, 0.4) is 0 Å². The molecular weight excluding hydrogens is 136 g/mol. The van der Waals surface area contributed by atoms with Crippen molar-refractivity contribution in [2.45, 2.75) is 40.2 Å². The zero-order valence-corrected chi connectivity index (χ0v) is 7.89. The Balaban J connectivity index is 2.86. The first-order valence-electron chi connectivity index (χ1n) is 4.30. The third-order valence-electron chi connectivity index (χ3n) is 3.05. The second-order valence-corrected chi connectivity index (χ2v) is 4.39. The monoisotopic (exact) mass is 154 g/mol. The maximum Gasteiger partial charge on any atom is 0.0728 e. The zero-order chi connectivity index (χ0) is 8.65. The highest BCUT2D eigenvalue weighted by molar-refractivity contribution is 5.13. The molecule has 1 rings (SSSR count). The highest BCUT2D eigenvalue weighted by atomic mass is 16.3. The summed E-state index contributed by atoms with van der Waals surface area (Å²) in [6, 6.07) is 0. The van der Waals surface area contributed by atoms with Crippen LogP contribution in [0.5, 0.6) is 0 Å². The van der Waals surface area contributed by atoms with E-state index in [1.165, 1.54) is 5.57 Å². The van der Waals surface area contributed by atoms with Crippen molar-refractivity contribution in [2.75, 3.05) is 0 Å². The average molecular weight is 154 g/mol. The molecule has 0 heterocycles. The molecule has 0 spiro atoms. The lowest BCUT2D eigenvalue weighted by Crippen LogP contribution is -2.31. The fourth-order valence-corrected chi connectivity index (χ4v) is 1.84. The van der Waals surface area contributed by atoms with E-state index in [0.29, 0.717) is 5.92 Å². The summed E-state index contributed by atoms with van der Waals surface area (Å²) in [5, 5.41) is 9.46. The second kappa shape index (κ2) is 2.63. The fourth-order valence-electron chi connectivity index (χ4n) is 1.84. The molecule has 0 aliphatic heterocycles. The highest BCUT2D eigenvalue weighted by Gasteiger charge is 2.32. The van der Waals surface area contributed by atoms with Crippen LogP contribution in [0, 0.1) is 11.3 Å². The molecule has 1 heteroatoms. The fraction of sp³-hybridized carbons (Fsp3) is 0.800. The number of rotatable bonds is 0. The van der Waals surface area contributed by atoms with Crippen LogP contribution in [-0.2, 0) is 0 Å². The molecule has 0 unspecified atom stereocenters. The van der Waals surface area contributed by atoms with E-state index in [0.717, 1.165) is 6.42 Å². The van der Waals surface area contributed by atoms with Gasteiger partial charge in [0.15, 0.2) is 0 Å². The normalized spacial score (nSPS) is 36.6. The van der Waals surface area contributed by atoms with E-state index in [2.05, 4.69) is 27.7 Å². The Morgan fingerprint density at radius 3 is 2.55 bits per heavy atom. The standard InChI is InChI=1S/C10H18O/c1-7-5-9(11)6-10(3,4)8(7)2/h5,8-9,11H,6H2,1-4H3/t8-,9+/m1/s1. The van der Waals surface area contributed by atoms with Crippen LogP contribution in [0.2, 0.25) is 0 Å². The molecule has 0 amide bonds. The number of hydrogen-bond acceptors (Lipinski definition) is 1. The molecule has 0 saturated carbocycles. The molecule has 1 aliphatic carbocycles. The van der Waals surface area contributed by atoms with Gasteiger partial charge in [-0.25, -0.2) is 0 Å². The first-order valence-corrected chi connectivity index (χ1v) is 4.30. The predicted octanol–water partition coefficient (Wildman–Crippen LogP) is 2.36. The second-order valence-electron chi connectivity index (χ2n) is 4.39. The van der Waals surface area contributed by atoms with Gasteiger partial charge >= 0.3 is 0 Å². The molecule has 0 bridgehead atoms. The van der Waals surface area contributed by atoms with Gasteiger partial charge in [-0.05, 0) is 24.7 Å². The van der Waals surface area contributed by atoms with Crippen LogP contribution in [0.1, 0.15) is 34.1 Å². The van der Waals surface area contributed by atoms with Gasteiger partial charge in [0.2, 0.25) is 0 Å². The van der Waals surface area contributed by atoms with Crippen molar-refractivity contribution < 1.29 is 5.11 Å². The van der Waals surface area contributed by atoms with Gasteiger partial charge in [-0.15, -0.1) is 0 Å². The smallest absolute Gasteiger partial charge is 0.0728 e. The summed E-state index contributed by atoms with van der Waals surface area (Å²) >= 11 is 0. The maximum atomic E-state index is 9.46. The Labute approximate surface area is 69.1 Å². The third-order valence-corrected chi connectivity index (χ3v) is 3.05. The summed E-state index contributed by atoms with van der Waals surface area (Å²) in [6.45, 7) is 8.78. The highest BCUT2D eigenvalue weighted by Crippen LogP contribution is 2.40. The SMILES string of the molecule is CC1=C[C@H](O)CC(C)(C)[C@@H]1C. The molecular formula is C10H18O. The Hall–Kier alpha value is -0.300. The van der Waals surface area contributed by atoms with Crippen LogP contribution in [0.25, 0.3) is 0 Å². The Bertz CT molecular complexity index is 179. The maximum absolute atomic E-state index is 9.46. The van der Waals surface area contributed by atoms with E-state index in [4.69, 9.17) is 0 Å². The van der Waals surface area contributed by atoms with E-state index < -0.39 is 0 Å². The van der Waals surface area contributed by atoms with Crippen molar-refractivity contribution >= 4 is 0 Å². The number of aliphatic hydroxyl groups is 1. The van der Waals surface area contributed by atoms with Crippen LogP contribution in [0.4, 0.5) is 0 Å². The Kier molecular flexibility index (Phi) is 2.10. The van der Waals surface area contributed by atoms with Gasteiger partial charge < -0.3 is 5.11 Å². The zero-order valence-electron chi connectivity index (χ0n) is 7.89. The van der Waals surface area contributed by atoms with Gasteiger partial charge in [0.1, 0.15) is 0 Å². The average Bonchev–Trinajstić information content (AvgIpc) is 1.81. The van der Waals surface area contributed by atoms with Gasteiger partial charge in [-0.3, -0.25) is 0 Å². The van der Waals surface area contributed by atoms with Crippen LogP contribution < -0.4 is 0 Å². The molecule has 0 aromatic carbocycles. The van der Waals surface area contributed by atoms with E-state index in [1.807, 2.05) is 6.08 Å². The van der Waals surface area contributed by atoms with Crippen molar-refractivity contribution in [1.29, 1.82) is 0 Å². The summed E-state index contributed by atoms with van der Waals surface area (Å²) in [4.78, 5) is 0. The van der Waals surface area contributed by atoms with E-state index >= 15 is 0 Å². The summed E-state index contributed by atoms with van der Waals surface area (Å²) in [5.74, 6) is 0.603. The Morgan fingerprint density at radius 1 is 1.55 bits per heavy atom. The van der Waals surface area contributed by atoms with Gasteiger partial charge in [-0.1, -0.05) is 32.4 Å². The lowest BCUT2D eigenvalue weighted by Gasteiger charge is -2.38. The lowest BCUT2D eigenvalue weighted by atomic mass is 9.69. The number of hydrogen-bond donors (Lipinski definition) is 1. The predicted molar refractivity (Wildman–Crippen MR) is 47.3 cm³/mol. The molecule has 0 fully saturated rings. The molecule has 2 atom stereocenters. The quantitative estimate of drug-likeness (QED) is 0.531. The number of allylic oxidation sites excluding steroid dienone is 1. The van der Waals surface area contributed by atoms with Crippen LogP contribution >= 0.6 is 0 Å². The minimum atomic E-state index is -0.221. The molecule has 11 heavy (non-hydrogen) atoms. The minimum absolute atomic E-state index is 0.221. The van der Waals surface area contributed by atoms with Crippen molar-refractivity contribution in [1.82, 2.24) is 0 Å². The number of aliphatic hydroxyl groups excluding tert-OH is 1. The van der Waals surface area contributed by atoms with E-state index in [1.54, 1.807) is 0 Å². The summed E-state index contributed by atoms with van der Waals surface area (Å²) < 4.78 is 0. The largest absolute Gasteiger partial charge is 0.389 e. The molecule has 0 aromatic heterocycles. The topological polar surface area (TPSA) is 20.2 Å². The van der Waals surface area contributed by atoms with Gasteiger partial charge in [0.05, 0.1) is 6.10 Å². The van der Waals surface area contributed by atoms with Gasteiger partial charge in [0.25, 0.3) is 0 Å². The van der Waals surface area contributed by atoms with Crippen LogP contribution in [-0.4, -0.2) is 11.2 Å². The van der Waals surface area contributed by atoms with Gasteiger partial charge in [0, 0.05) is 0 Å². The lowest BCUT2D eigenvalue weighted by molar-refractivity contribution is 0.108. The molecule has 1 aliphatic rings. The van der Waals surface area contributed by atoms with Crippen molar-refractivity contribution in [3.63, 3.8) is 0 Å². The molecule has 64 valence electrons. The van der Waals surface area contributed by atoms with Crippen LogP contribution in [0.15, 0.2) is 11.6 Å². The first kappa shape index (κ1) is 8.79. The third kappa shape index (κ3) is 1.64. The van der Waals surface area contributed by atoms with E-state index in [9.17, 15) is 5.11 Å². The van der Waals surface area contributed by atoms with Crippen molar-refractivity contribution in [3.8, 4) is 0 Å². The van der Waals surface area contributed by atoms with Gasteiger partial charge in [-0.2, -0.15) is 0 Å². The minimum Gasteiger partial charge on any atom is -0.389 e. The molecule has 0 saturated heterocycles. The molecule has 0 radical (unpaired) electrons. The summed E-state index contributed by atoms with van der Waals surface area (Å²) in [5.41, 5.74) is 1.59. The van der Waals surface area contributed by atoms with Crippen molar-refractivity contribution in [3.05, 3.63) is 11.6 Å². The Morgan fingerprint density at radius 2 is 2.09 bits per heavy atom. The molecule has 0 aromatic rings. The summed E-state index contributed by atoms with van der Waals surface area (Å²) in [7, 11) is 0.